The van der Waals surface area contributed by atoms with Gasteiger partial charge in [-0.25, -0.2) is 9.97 Å². The standard InChI is InChI=1S/C20H18N4O3/c1-13-4-2-3-5-15(13)24-20(25)16-10-23-19(11-21-16)22-9-14-6-7-17-18(8-14)27-12-26-17/h2-8,10-11H,9,12H2,1H3,(H,22,23)(H,24,25). The first kappa shape index (κ1) is 16.8. The lowest BCUT2D eigenvalue weighted by Crippen LogP contribution is -2.15. The van der Waals surface area contributed by atoms with Crippen molar-refractivity contribution in [2.45, 2.75) is 13.5 Å². The van der Waals surface area contributed by atoms with Crippen LogP contribution in [-0.4, -0.2) is 22.7 Å². The number of hydrogen-bond acceptors (Lipinski definition) is 6. The summed E-state index contributed by atoms with van der Waals surface area (Å²) in [5, 5.41) is 6.02. The SMILES string of the molecule is Cc1ccccc1NC(=O)c1cnc(NCc2ccc3c(c2)OCO3)cn1. The molecule has 7 nitrogen and oxygen atoms in total. The van der Waals surface area contributed by atoms with Crippen molar-refractivity contribution in [3.63, 3.8) is 0 Å². The lowest BCUT2D eigenvalue weighted by Gasteiger charge is -2.09. The van der Waals surface area contributed by atoms with Gasteiger partial charge in [0.2, 0.25) is 6.79 Å². The summed E-state index contributed by atoms with van der Waals surface area (Å²) in [5.74, 6) is 1.78. The van der Waals surface area contributed by atoms with Gasteiger partial charge in [-0.15, -0.1) is 0 Å². The number of rotatable bonds is 5. The monoisotopic (exact) mass is 362 g/mol. The average Bonchev–Trinajstić information content (AvgIpc) is 3.16. The minimum absolute atomic E-state index is 0.254. The fraction of sp³-hybridized carbons (Fsp3) is 0.150. The Morgan fingerprint density at radius 1 is 1.07 bits per heavy atom. The third-order valence-electron chi connectivity index (χ3n) is 4.19. The number of anilines is 2. The number of aryl methyl sites for hydroxylation is 1. The summed E-state index contributed by atoms with van der Waals surface area (Å²) in [6.45, 7) is 2.74. The first-order valence-corrected chi connectivity index (χ1v) is 8.50. The van der Waals surface area contributed by atoms with Crippen LogP contribution in [-0.2, 0) is 6.54 Å². The summed E-state index contributed by atoms with van der Waals surface area (Å²) in [7, 11) is 0. The van der Waals surface area contributed by atoms with E-state index in [1.807, 2.05) is 49.4 Å². The molecular formula is C20H18N4O3. The summed E-state index contributed by atoms with van der Waals surface area (Å²) in [5.41, 5.74) is 3.03. The molecule has 0 unspecified atom stereocenters. The molecule has 0 fully saturated rings. The Kier molecular flexibility index (Phi) is 4.57. The van der Waals surface area contributed by atoms with Crippen molar-refractivity contribution in [2.24, 2.45) is 0 Å². The fourth-order valence-electron chi connectivity index (χ4n) is 2.68. The van der Waals surface area contributed by atoms with E-state index < -0.39 is 0 Å². The molecule has 0 bridgehead atoms. The van der Waals surface area contributed by atoms with E-state index in [0.717, 1.165) is 28.3 Å². The summed E-state index contributed by atoms with van der Waals surface area (Å²) < 4.78 is 10.7. The molecular weight excluding hydrogens is 344 g/mol. The van der Waals surface area contributed by atoms with Crippen molar-refractivity contribution >= 4 is 17.4 Å². The molecule has 0 saturated heterocycles. The third kappa shape index (κ3) is 3.82. The fourth-order valence-corrected chi connectivity index (χ4v) is 2.68. The van der Waals surface area contributed by atoms with Crippen LogP contribution in [0.1, 0.15) is 21.6 Å². The smallest absolute Gasteiger partial charge is 0.275 e. The number of aromatic nitrogens is 2. The minimum Gasteiger partial charge on any atom is -0.454 e. The van der Waals surface area contributed by atoms with Crippen LogP contribution < -0.4 is 20.1 Å². The number of benzene rings is 2. The second-order valence-electron chi connectivity index (χ2n) is 6.10. The van der Waals surface area contributed by atoms with Gasteiger partial charge in [-0.1, -0.05) is 24.3 Å². The van der Waals surface area contributed by atoms with Gasteiger partial charge in [0.1, 0.15) is 11.5 Å². The van der Waals surface area contributed by atoms with E-state index in [-0.39, 0.29) is 18.4 Å². The van der Waals surface area contributed by atoms with Gasteiger partial charge >= 0.3 is 0 Å². The van der Waals surface area contributed by atoms with Crippen LogP contribution in [0, 0.1) is 6.92 Å². The first-order chi connectivity index (χ1) is 13.2. The van der Waals surface area contributed by atoms with E-state index in [2.05, 4.69) is 20.6 Å². The number of nitrogens with zero attached hydrogens (tertiary/aromatic N) is 2. The molecule has 0 radical (unpaired) electrons. The Labute approximate surface area is 156 Å². The van der Waals surface area contributed by atoms with Crippen LogP contribution in [0.25, 0.3) is 0 Å². The highest BCUT2D eigenvalue weighted by Gasteiger charge is 2.13. The van der Waals surface area contributed by atoms with Gasteiger partial charge in [-0.3, -0.25) is 4.79 Å². The maximum Gasteiger partial charge on any atom is 0.275 e. The number of amides is 1. The zero-order valence-electron chi connectivity index (χ0n) is 14.7. The maximum absolute atomic E-state index is 12.3. The number of nitrogens with one attached hydrogen (secondary N) is 2. The van der Waals surface area contributed by atoms with Crippen LogP contribution in [0.3, 0.4) is 0 Å². The summed E-state index contributed by atoms with van der Waals surface area (Å²) in [4.78, 5) is 20.8. The van der Waals surface area contributed by atoms with Crippen LogP contribution in [0.4, 0.5) is 11.5 Å². The summed E-state index contributed by atoms with van der Waals surface area (Å²) in [6.07, 6.45) is 3.00. The van der Waals surface area contributed by atoms with Crippen LogP contribution in [0.15, 0.2) is 54.9 Å². The molecule has 2 N–H and O–H groups in total. The third-order valence-corrected chi connectivity index (χ3v) is 4.19. The molecule has 136 valence electrons. The Morgan fingerprint density at radius 3 is 2.74 bits per heavy atom. The first-order valence-electron chi connectivity index (χ1n) is 8.50. The van der Waals surface area contributed by atoms with Gasteiger partial charge in [0, 0.05) is 12.2 Å². The predicted molar refractivity (Wildman–Crippen MR) is 101 cm³/mol. The van der Waals surface area contributed by atoms with Gasteiger partial charge < -0.3 is 20.1 Å². The molecule has 27 heavy (non-hydrogen) atoms. The number of carbonyl (C=O) groups is 1. The van der Waals surface area contributed by atoms with Crippen LogP contribution in [0.2, 0.25) is 0 Å². The predicted octanol–water partition coefficient (Wildman–Crippen LogP) is 3.38. The molecule has 7 heteroatoms. The second kappa shape index (κ2) is 7.33. The van der Waals surface area contributed by atoms with E-state index in [4.69, 9.17) is 9.47 Å². The Bertz CT molecular complexity index is 973. The number of carbonyl (C=O) groups excluding carboxylic acids is 1. The number of fused-ring (bicyclic) bond motifs is 1. The van der Waals surface area contributed by atoms with E-state index in [1.165, 1.54) is 6.20 Å². The van der Waals surface area contributed by atoms with Gasteiger partial charge in [0.25, 0.3) is 5.91 Å². The van der Waals surface area contributed by atoms with E-state index in [0.29, 0.717) is 12.4 Å². The van der Waals surface area contributed by atoms with Gasteiger partial charge in [0.15, 0.2) is 11.5 Å². The molecule has 3 aromatic rings. The van der Waals surface area contributed by atoms with E-state index in [1.54, 1.807) is 6.20 Å². The minimum atomic E-state index is -0.292. The number of hydrogen-bond donors (Lipinski definition) is 2. The zero-order valence-corrected chi connectivity index (χ0v) is 14.7. The molecule has 1 aliphatic heterocycles. The molecule has 1 aliphatic rings. The Hall–Kier alpha value is -3.61. The molecule has 4 rings (SSSR count). The molecule has 0 spiro atoms. The highest BCUT2D eigenvalue weighted by atomic mass is 16.7. The maximum atomic E-state index is 12.3. The average molecular weight is 362 g/mol. The van der Waals surface area contributed by atoms with Gasteiger partial charge in [-0.05, 0) is 36.2 Å². The Balaban J connectivity index is 1.37. The lowest BCUT2D eigenvalue weighted by molar-refractivity contribution is 0.102. The van der Waals surface area contributed by atoms with Crippen molar-refractivity contribution in [3.8, 4) is 11.5 Å². The molecule has 2 aromatic carbocycles. The molecule has 2 heterocycles. The highest BCUT2D eigenvalue weighted by molar-refractivity contribution is 6.03. The molecule has 1 aromatic heterocycles. The topological polar surface area (TPSA) is 85.4 Å². The van der Waals surface area contributed by atoms with Crippen LogP contribution >= 0.6 is 0 Å². The Morgan fingerprint density at radius 2 is 1.93 bits per heavy atom. The quantitative estimate of drug-likeness (QED) is 0.724. The van der Waals surface area contributed by atoms with Crippen LogP contribution in [0.5, 0.6) is 11.5 Å². The van der Waals surface area contributed by atoms with Crippen molar-refractivity contribution in [3.05, 3.63) is 71.7 Å². The van der Waals surface area contributed by atoms with Gasteiger partial charge in [-0.2, -0.15) is 0 Å². The van der Waals surface area contributed by atoms with E-state index in [9.17, 15) is 4.79 Å². The molecule has 0 saturated carbocycles. The summed E-state index contributed by atoms with van der Waals surface area (Å²) >= 11 is 0. The molecule has 0 atom stereocenters. The second-order valence-corrected chi connectivity index (χ2v) is 6.10. The van der Waals surface area contributed by atoms with Crippen molar-refractivity contribution < 1.29 is 14.3 Å². The largest absolute Gasteiger partial charge is 0.454 e. The van der Waals surface area contributed by atoms with Crippen molar-refractivity contribution in [1.82, 2.24) is 9.97 Å². The van der Waals surface area contributed by atoms with Crippen molar-refractivity contribution in [1.29, 1.82) is 0 Å². The normalized spacial score (nSPS) is 11.9. The zero-order chi connectivity index (χ0) is 18.6. The molecule has 0 aliphatic carbocycles. The molecule has 1 amide bonds. The number of para-hydroxylation sites is 1. The van der Waals surface area contributed by atoms with Crippen molar-refractivity contribution in [2.75, 3.05) is 17.4 Å². The van der Waals surface area contributed by atoms with Gasteiger partial charge in [0.05, 0.1) is 12.4 Å². The highest BCUT2D eigenvalue weighted by Crippen LogP contribution is 2.32. The number of ether oxygens (including phenoxy) is 2. The van der Waals surface area contributed by atoms with E-state index >= 15 is 0 Å². The summed E-state index contributed by atoms with van der Waals surface area (Å²) in [6, 6.07) is 13.3. The lowest BCUT2D eigenvalue weighted by atomic mass is 10.2.